The Morgan fingerprint density at radius 2 is 0.558 bits per heavy atom. The van der Waals surface area contributed by atoms with Gasteiger partial charge in [0, 0.05) is 6.08 Å². The highest BCUT2D eigenvalue weighted by Gasteiger charge is 1.97. The molecule has 14 heteroatoms. The summed E-state index contributed by atoms with van der Waals surface area (Å²) < 4.78 is 69.2. The van der Waals surface area contributed by atoms with E-state index < -0.39 is 5.97 Å². The standard InChI is InChI=1S/C29H54O14/c1-3-29(30)43-28-27-42-26-25-41-24-23-40-22-21-39-20-19-38-18-17-37-16-15-36-14-13-35-12-11-34-10-9-33-8-7-32-6-5-31-4-2/h3-4H,1-2,5-28H2. The monoisotopic (exact) mass is 626 g/mol. The second-order valence-electron chi connectivity index (χ2n) is 8.15. The molecule has 0 aromatic heterocycles. The minimum Gasteiger partial charge on any atom is -0.499 e. The lowest BCUT2D eigenvalue weighted by Gasteiger charge is -2.09. The third kappa shape index (κ3) is 38.3. The maximum atomic E-state index is 10.8. The van der Waals surface area contributed by atoms with Gasteiger partial charge in [0.2, 0.25) is 0 Å². The molecular formula is C29H54O14. The molecule has 0 saturated carbocycles. The van der Waals surface area contributed by atoms with Crippen LogP contribution in [0, 0.1) is 0 Å². The smallest absolute Gasteiger partial charge is 0.330 e. The van der Waals surface area contributed by atoms with E-state index in [0.717, 1.165) is 6.08 Å². The number of rotatable bonds is 38. The summed E-state index contributed by atoms with van der Waals surface area (Å²) in [5.41, 5.74) is 0. The molecule has 0 aliphatic rings. The fourth-order valence-corrected chi connectivity index (χ4v) is 2.75. The average molecular weight is 627 g/mol. The van der Waals surface area contributed by atoms with E-state index in [0.29, 0.717) is 152 Å². The van der Waals surface area contributed by atoms with Crippen LogP contribution in [-0.4, -0.2) is 165 Å². The summed E-state index contributed by atoms with van der Waals surface area (Å²) in [5.74, 6) is -0.460. The molecule has 0 amide bonds. The van der Waals surface area contributed by atoms with E-state index in [1.165, 1.54) is 6.26 Å². The summed E-state index contributed by atoms with van der Waals surface area (Å²) in [4.78, 5) is 10.8. The van der Waals surface area contributed by atoms with Gasteiger partial charge in [-0.3, -0.25) is 0 Å². The number of hydrogen-bond acceptors (Lipinski definition) is 14. The third-order valence-electron chi connectivity index (χ3n) is 4.82. The van der Waals surface area contributed by atoms with Gasteiger partial charge in [-0.2, -0.15) is 0 Å². The van der Waals surface area contributed by atoms with Gasteiger partial charge in [-0.15, -0.1) is 0 Å². The molecule has 0 unspecified atom stereocenters. The van der Waals surface area contributed by atoms with Gasteiger partial charge in [0.1, 0.15) is 13.2 Å². The van der Waals surface area contributed by atoms with Crippen molar-refractivity contribution in [1.29, 1.82) is 0 Å². The molecule has 43 heavy (non-hydrogen) atoms. The quantitative estimate of drug-likeness (QED) is 0.0418. The molecule has 0 rings (SSSR count). The molecular weight excluding hydrogens is 572 g/mol. The zero-order valence-corrected chi connectivity index (χ0v) is 25.8. The highest BCUT2D eigenvalue weighted by Crippen LogP contribution is 1.88. The van der Waals surface area contributed by atoms with Crippen LogP contribution in [0.1, 0.15) is 0 Å². The first kappa shape index (κ1) is 41.3. The van der Waals surface area contributed by atoms with E-state index in [4.69, 9.17) is 61.6 Å². The third-order valence-corrected chi connectivity index (χ3v) is 4.82. The van der Waals surface area contributed by atoms with Gasteiger partial charge in [-0.1, -0.05) is 13.2 Å². The van der Waals surface area contributed by atoms with Crippen LogP contribution in [0.25, 0.3) is 0 Å². The van der Waals surface area contributed by atoms with E-state index in [-0.39, 0.29) is 6.61 Å². The molecule has 0 aromatic carbocycles. The summed E-state index contributed by atoms with van der Waals surface area (Å²) >= 11 is 0. The van der Waals surface area contributed by atoms with E-state index in [2.05, 4.69) is 13.2 Å². The Balaban J connectivity index is 3.05. The van der Waals surface area contributed by atoms with Crippen molar-refractivity contribution >= 4 is 5.97 Å². The Labute approximate surface area is 256 Å². The highest BCUT2D eigenvalue weighted by atomic mass is 16.6. The number of hydrogen-bond donors (Lipinski definition) is 0. The second kappa shape index (κ2) is 38.3. The zero-order chi connectivity index (χ0) is 31.2. The Bertz CT molecular complexity index is 581. The lowest BCUT2D eigenvalue weighted by molar-refractivity contribution is -0.139. The molecule has 0 heterocycles. The van der Waals surface area contributed by atoms with E-state index in [9.17, 15) is 4.79 Å². The first-order valence-electron chi connectivity index (χ1n) is 14.7. The molecule has 14 nitrogen and oxygen atoms in total. The van der Waals surface area contributed by atoms with Crippen LogP contribution < -0.4 is 0 Å². The molecule has 0 aliphatic carbocycles. The van der Waals surface area contributed by atoms with E-state index in [1.807, 2.05) is 0 Å². The molecule has 0 spiro atoms. The largest absolute Gasteiger partial charge is 0.499 e. The molecule has 0 bridgehead atoms. The van der Waals surface area contributed by atoms with Crippen molar-refractivity contribution in [3.05, 3.63) is 25.5 Å². The topological polar surface area (TPSA) is 137 Å². The van der Waals surface area contributed by atoms with Crippen molar-refractivity contribution < 1.29 is 66.4 Å². The molecule has 0 atom stereocenters. The molecule has 0 saturated heterocycles. The van der Waals surface area contributed by atoms with Gasteiger partial charge in [-0.25, -0.2) is 4.79 Å². The summed E-state index contributed by atoms with van der Waals surface area (Å²) in [6.45, 7) is 18.1. The van der Waals surface area contributed by atoms with Gasteiger partial charge in [0.05, 0.1) is 152 Å². The fourth-order valence-electron chi connectivity index (χ4n) is 2.75. The SMILES string of the molecule is C=COCCOCCOCCOCCOCCOCCOCCOCCOCCOCCOCCOCCOC(=O)C=C. The van der Waals surface area contributed by atoms with Crippen LogP contribution in [-0.2, 0) is 66.4 Å². The highest BCUT2D eigenvalue weighted by molar-refractivity contribution is 5.81. The van der Waals surface area contributed by atoms with Crippen LogP contribution in [0.2, 0.25) is 0 Å². The van der Waals surface area contributed by atoms with Crippen LogP contribution in [0.15, 0.2) is 25.5 Å². The fraction of sp³-hybridized carbons (Fsp3) is 0.828. The summed E-state index contributed by atoms with van der Waals surface area (Å²) in [6.07, 6.45) is 2.50. The number of esters is 1. The number of carbonyl (C=O) groups excluding carboxylic acids is 1. The van der Waals surface area contributed by atoms with Gasteiger partial charge in [0.15, 0.2) is 0 Å². The van der Waals surface area contributed by atoms with Crippen molar-refractivity contribution in [1.82, 2.24) is 0 Å². The van der Waals surface area contributed by atoms with Crippen molar-refractivity contribution in [2.45, 2.75) is 0 Å². The van der Waals surface area contributed by atoms with Crippen molar-refractivity contribution in [2.24, 2.45) is 0 Å². The molecule has 254 valence electrons. The van der Waals surface area contributed by atoms with Crippen LogP contribution in [0.3, 0.4) is 0 Å². The lowest BCUT2D eigenvalue weighted by atomic mass is 10.6. The van der Waals surface area contributed by atoms with Gasteiger partial charge in [-0.05, 0) is 0 Å². The first-order chi connectivity index (χ1) is 21.3. The number of ether oxygens (including phenoxy) is 13. The van der Waals surface area contributed by atoms with Crippen molar-refractivity contribution in [2.75, 3.05) is 159 Å². The molecule has 0 aliphatic heterocycles. The zero-order valence-electron chi connectivity index (χ0n) is 25.8. The predicted molar refractivity (Wildman–Crippen MR) is 156 cm³/mol. The van der Waals surface area contributed by atoms with Gasteiger partial charge < -0.3 is 61.6 Å². The van der Waals surface area contributed by atoms with Crippen molar-refractivity contribution in [3.63, 3.8) is 0 Å². The second-order valence-corrected chi connectivity index (χ2v) is 8.15. The Hall–Kier alpha value is -1.69. The minimum atomic E-state index is -0.460. The van der Waals surface area contributed by atoms with Crippen LogP contribution in [0.4, 0.5) is 0 Å². The van der Waals surface area contributed by atoms with Crippen LogP contribution in [0.5, 0.6) is 0 Å². The average Bonchev–Trinajstić information content (AvgIpc) is 3.02. The minimum absolute atomic E-state index is 0.197. The Morgan fingerprint density at radius 1 is 0.349 bits per heavy atom. The molecule has 0 radical (unpaired) electrons. The van der Waals surface area contributed by atoms with Gasteiger partial charge in [0.25, 0.3) is 0 Å². The lowest BCUT2D eigenvalue weighted by Crippen LogP contribution is -2.15. The summed E-state index contributed by atoms with van der Waals surface area (Å²) in [6, 6.07) is 0. The Morgan fingerprint density at radius 3 is 0.767 bits per heavy atom. The predicted octanol–water partition coefficient (Wildman–Crippen LogP) is 1.06. The number of carbonyl (C=O) groups is 1. The van der Waals surface area contributed by atoms with E-state index in [1.54, 1.807) is 0 Å². The molecule has 0 aromatic rings. The normalized spacial score (nSPS) is 11.1. The van der Waals surface area contributed by atoms with Gasteiger partial charge >= 0.3 is 5.97 Å². The summed E-state index contributed by atoms with van der Waals surface area (Å²) in [7, 11) is 0. The van der Waals surface area contributed by atoms with E-state index >= 15 is 0 Å². The maximum Gasteiger partial charge on any atom is 0.330 e. The maximum absolute atomic E-state index is 10.8. The summed E-state index contributed by atoms with van der Waals surface area (Å²) in [5, 5.41) is 0. The molecule has 0 N–H and O–H groups in total. The van der Waals surface area contributed by atoms with Crippen molar-refractivity contribution in [3.8, 4) is 0 Å². The first-order valence-corrected chi connectivity index (χ1v) is 14.7. The van der Waals surface area contributed by atoms with Crippen LogP contribution >= 0.6 is 0 Å². The Kier molecular flexibility index (Phi) is 36.8. The molecule has 0 fully saturated rings.